The van der Waals surface area contributed by atoms with Crippen LogP contribution in [0.3, 0.4) is 0 Å². The van der Waals surface area contributed by atoms with Crippen molar-refractivity contribution in [3.63, 3.8) is 0 Å². The number of rotatable bonds is 4. The lowest BCUT2D eigenvalue weighted by Gasteiger charge is -2.28. The number of anilines is 3. The minimum atomic E-state index is -0.0758. The Morgan fingerprint density at radius 3 is 1.62 bits per heavy atom. The fourth-order valence-corrected chi connectivity index (χ4v) is 9.89. The summed E-state index contributed by atoms with van der Waals surface area (Å²) in [7, 11) is 0. The van der Waals surface area contributed by atoms with Crippen molar-refractivity contribution in [3.05, 3.63) is 181 Å². The molecule has 2 nitrogen and oxygen atoms in total. The lowest BCUT2D eigenvalue weighted by molar-refractivity contribution is 0.660. The molecule has 2 heteroatoms. The molecule has 12 rings (SSSR count). The van der Waals surface area contributed by atoms with Crippen molar-refractivity contribution < 1.29 is 0 Å². The van der Waals surface area contributed by atoms with Crippen LogP contribution in [-0.4, -0.2) is 4.57 Å². The molecule has 1 aromatic heterocycles. The maximum atomic E-state index is 2.48. The van der Waals surface area contributed by atoms with Crippen molar-refractivity contribution in [3.8, 4) is 27.9 Å². The summed E-state index contributed by atoms with van der Waals surface area (Å²) >= 11 is 0. The summed E-state index contributed by atoms with van der Waals surface area (Å²) in [5.41, 5.74) is 15.1. The Labute approximate surface area is 307 Å². The maximum Gasteiger partial charge on any atom is 0.0548 e. The van der Waals surface area contributed by atoms with Gasteiger partial charge in [-0.2, -0.15) is 0 Å². The van der Waals surface area contributed by atoms with Crippen LogP contribution in [0.4, 0.5) is 17.1 Å². The zero-order valence-corrected chi connectivity index (χ0v) is 29.6. The molecule has 2 aliphatic carbocycles. The average Bonchev–Trinajstić information content (AvgIpc) is 3.61. The Hall–Kier alpha value is -6.64. The van der Waals surface area contributed by atoms with Crippen molar-refractivity contribution in [2.75, 3.05) is 4.90 Å². The number of hydrogen-bond acceptors (Lipinski definition) is 1. The topological polar surface area (TPSA) is 8.17 Å². The number of nitrogens with zero attached hydrogens (tertiary/aromatic N) is 2. The van der Waals surface area contributed by atoms with E-state index in [-0.39, 0.29) is 5.41 Å². The summed E-state index contributed by atoms with van der Waals surface area (Å²) in [4.78, 5) is 2.40. The average molecular weight is 675 g/mol. The molecule has 0 bridgehead atoms. The molecule has 0 spiro atoms. The lowest BCUT2D eigenvalue weighted by atomic mass is 9.82. The number of para-hydroxylation sites is 1. The highest BCUT2D eigenvalue weighted by atomic mass is 15.1. The molecule has 2 aliphatic rings. The smallest absolute Gasteiger partial charge is 0.0548 e. The molecule has 0 saturated carbocycles. The van der Waals surface area contributed by atoms with Crippen LogP contribution in [0.25, 0.3) is 82.1 Å². The number of fused-ring (bicyclic) bond motifs is 4. The van der Waals surface area contributed by atoms with Crippen molar-refractivity contribution in [2.45, 2.75) is 19.3 Å². The van der Waals surface area contributed by atoms with E-state index in [1.807, 2.05) is 0 Å². The van der Waals surface area contributed by atoms with Crippen molar-refractivity contribution >= 4 is 71.2 Å². The maximum absolute atomic E-state index is 2.48. The van der Waals surface area contributed by atoms with Gasteiger partial charge in [-0.05, 0) is 121 Å². The summed E-state index contributed by atoms with van der Waals surface area (Å²) in [6, 6.07) is 63.3. The SMILES string of the molecule is CC1(C)c2ccccc2-c2ccc(N(c3ccccc3)c3ccc(-n4c5ccc6cccc7c6c5c5c6c(ccc8cccc-7c86)ccc54)cc3)cc21. The van der Waals surface area contributed by atoms with Gasteiger partial charge in [-0.15, -0.1) is 0 Å². The molecular formula is C51H34N2. The molecule has 0 saturated heterocycles. The predicted octanol–water partition coefficient (Wildman–Crippen LogP) is 14.0. The molecule has 9 aromatic carbocycles. The molecule has 0 unspecified atom stereocenters. The largest absolute Gasteiger partial charge is 0.310 e. The summed E-state index contributed by atoms with van der Waals surface area (Å²) in [5, 5.41) is 10.6. The van der Waals surface area contributed by atoms with E-state index in [0.717, 1.165) is 22.7 Å². The number of benzene rings is 9. The van der Waals surface area contributed by atoms with Gasteiger partial charge in [-0.1, -0.05) is 123 Å². The summed E-state index contributed by atoms with van der Waals surface area (Å²) in [6.07, 6.45) is 0. The Bertz CT molecular complexity index is 3180. The van der Waals surface area contributed by atoms with Gasteiger partial charge in [0.1, 0.15) is 0 Å². The van der Waals surface area contributed by atoms with E-state index in [1.165, 1.54) is 87.5 Å². The van der Waals surface area contributed by atoms with Gasteiger partial charge in [0.2, 0.25) is 0 Å². The minimum absolute atomic E-state index is 0.0758. The highest BCUT2D eigenvalue weighted by molar-refractivity contribution is 6.38. The highest BCUT2D eigenvalue weighted by Crippen LogP contribution is 2.52. The van der Waals surface area contributed by atoms with Crippen LogP contribution < -0.4 is 4.90 Å². The van der Waals surface area contributed by atoms with Crippen molar-refractivity contribution in [1.82, 2.24) is 4.57 Å². The number of hydrogen-bond donors (Lipinski definition) is 0. The van der Waals surface area contributed by atoms with E-state index in [9.17, 15) is 0 Å². The molecule has 0 amide bonds. The Morgan fingerprint density at radius 2 is 0.906 bits per heavy atom. The van der Waals surface area contributed by atoms with Crippen LogP contribution in [0.15, 0.2) is 170 Å². The van der Waals surface area contributed by atoms with E-state index in [2.05, 4.69) is 193 Å². The standard InChI is InChI=1S/C51H34N2/c1-51(2)42-17-7-6-14-38(42)39-27-26-37(30-43(39)51)52(34-12-4-3-5-13-34)35-22-24-36(25-23-35)53-44-28-20-32-11-9-16-41-40-15-8-10-31-18-19-33-21-29-45(53)50(48(33)46(31)40)49(44)47(32)41/h3-30H,1-2H3. The molecule has 0 N–H and O–H groups in total. The quantitative estimate of drug-likeness (QED) is 0.169. The zero-order chi connectivity index (χ0) is 35.0. The van der Waals surface area contributed by atoms with Gasteiger partial charge >= 0.3 is 0 Å². The van der Waals surface area contributed by atoms with Crippen LogP contribution in [0.1, 0.15) is 25.0 Å². The van der Waals surface area contributed by atoms with Crippen molar-refractivity contribution in [1.29, 1.82) is 0 Å². The summed E-state index contributed by atoms with van der Waals surface area (Å²) in [6.45, 7) is 4.71. The second kappa shape index (κ2) is 10.2. The van der Waals surface area contributed by atoms with Gasteiger partial charge in [0.05, 0.1) is 11.0 Å². The van der Waals surface area contributed by atoms with Crippen LogP contribution in [0.2, 0.25) is 0 Å². The summed E-state index contributed by atoms with van der Waals surface area (Å²) in [5.74, 6) is 0. The molecule has 0 atom stereocenters. The normalized spacial score (nSPS) is 13.6. The first kappa shape index (κ1) is 29.0. The third-order valence-corrected chi connectivity index (χ3v) is 12.3. The van der Waals surface area contributed by atoms with Gasteiger partial charge in [0.25, 0.3) is 0 Å². The predicted molar refractivity (Wildman–Crippen MR) is 225 cm³/mol. The van der Waals surface area contributed by atoms with E-state index < -0.39 is 0 Å². The molecule has 248 valence electrons. The van der Waals surface area contributed by atoms with Crippen molar-refractivity contribution in [2.24, 2.45) is 0 Å². The molecule has 1 heterocycles. The highest BCUT2D eigenvalue weighted by Gasteiger charge is 2.35. The van der Waals surface area contributed by atoms with Gasteiger partial charge in [0, 0.05) is 44.3 Å². The van der Waals surface area contributed by atoms with Crippen LogP contribution in [0, 0.1) is 0 Å². The second-order valence-electron chi connectivity index (χ2n) is 15.3. The molecule has 0 fully saturated rings. The van der Waals surface area contributed by atoms with Crippen LogP contribution >= 0.6 is 0 Å². The van der Waals surface area contributed by atoms with E-state index in [0.29, 0.717) is 0 Å². The summed E-state index contributed by atoms with van der Waals surface area (Å²) < 4.78 is 2.48. The Kier molecular flexibility index (Phi) is 5.60. The van der Waals surface area contributed by atoms with Gasteiger partial charge < -0.3 is 9.47 Å². The fourth-order valence-electron chi connectivity index (χ4n) is 9.89. The first-order chi connectivity index (χ1) is 26.1. The van der Waals surface area contributed by atoms with Crippen LogP contribution in [-0.2, 0) is 5.41 Å². The van der Waals surface area contributed by atoms with Gasteiger partial charge in [0.15, 0.2) is 0 Å². The van der Waals surface area contributed by atoms with E-state index >= 15 is 0 Å². The monoisotopic (exact) mass is 674 g/mol. The molecule has 0 aliphatic heterocycles. The third kappa shape index (κ3) is 3.77. The lowest BCUT2D eigenvalue weighted by Crippen LogP contribution is -2.16. The zero-order valence-electron chi connectivity index (χ0n) is 29.6. The van der Waals surface area contributed by atoms with E-state index in [4.69, 9.17) is 0 Å². The first-order valence-corrected chi connectivity index (χ1v) is 18.6. The molecule has 10 aromatic rings. The Balaban J connectivity index is 1.08. The fraction of sp³-hybridized carbons (Fsp3) is 0.0588. The minimum Gasteiger partial charge on any atom is -0.310 e. The van der Waals surface area contributed by atoms with Gasteiger partial charge in [-0.3, -0.25) is 0 Å². The van der Waals surface area contributed by atoms with E-state index in [1.54, 1.807) is 0 Å². The Morgan fingerprint density at radius 1 is 0.377 bits per heavy atom. The molecular weight excluding hydrogens is 641 g/mol. The van der Waals surface area contributed by atoms with Gasteiger partial charge in [-0.25, -0.2) is 0 Å². The first-order valence-electron chi connectivity index (χ1n) is 18.6. The second-order valence-corrected chi connectivity index (χ2v) is 15.3. The van der Waals surface area contributed by atoms with Crippen LogP contribution in [0.5, 0.6) is 0 Å². The molecule has 0 radical (unpaired) electrons. The third-order valence-electron chi connectivity index (χ3n) is 12.3. The number of aromatic nitrogens is 1. The molecule has 53 heavy (non-hydrogen) atoms.